The number of nitrogens with one attached hydrogen (secondary N) is 1. The highest BCUT2D eigenvalue weighted by molar-refractivity contribution is 5.76. The van der Waals surface area contributed by atoms with Crippen LogP contribution in [0.4, 0.5) is 0 Å². The zero-order valence-electron chi connectivity index (χ0n) is 9.04. The van der Waals surface area contributed by atoms with E-state index in [9.17, 15) is 4.79 Å². The molecule has 2 N–H and O–H groups in total. The molecule has 14 heavy (non-hydrogen) atoms. The molecule has 1 rings (SSSR count). The maximum Gasteiger partial charge on any atom is 0.323 e. The van der Waals surface area contributed by atoms with Crippen LogP contribution in [0.25, 0.3) is 0 Å². The zero-order valence-corrected chi connectivity index (χ0v) is 9.04. The summed E-state index contributed by atoms with van der Waals surface area (Å²) in [5.41, 5.74) is -0.434. The van der Waals surface area contributed by atoms with Gasteiger partial charge in [-0.15, -0.1) is 0 Å². The molecule has 1 aliphatic heterocycles. The largest absolute Gasteiger partial charge is 0.459 e. The molecule has 2 atom stereocenters. The third-order valence-corrected chi connectivity index (χ3v) is 2.15. The second-order valence-corrected chi connectivity index (χ2v) is 4.71. The summed E-state index contributed by atoms with van der Waals surface area (Å²) < 4.78 is 5.23. The summed E-state index contributed by atoms with van der Waals surface area (Å²) in [4.78, 5) is 11.6. The molecule has 1 fully saturated rings. The Kier molecular flexibility index (Phi) is 3.50. The highest BCUT2D eigenvalue weighted by atomic mass is 16.6. The Hall–Kier alpha value is -0.610. The summed E-state index contributed by atoms with van der Waals surface area (Å²) in [7, 11) is 0. The van der Waals surface area contributed by atoms with Crippen LogP contribution in [0, 0.1) is 0 Å². The second-order valence-electron chi connectivity index (χ2n) is 4.71. The molecular weight excluding hydrogens is 182 g/mol. The quantitative estimate of drug-likeness (QED) is 0.636. The van der Waals surface area contributed by atoms with Gasteiger partial charge >= 0.3 is 5.97 Å². The summed E-state index contributed by atoms with van der Waals surface area (Å²) in [5, 5.41) is 11.9. The van der Waals surface area contributed by atoms with Gasteiger partial charge in [-0.1, -0.05) is 0 Å². The molecule has 1 heterocycles. The first kappa shape index (κ1) is 11.5. The van der Waals surface area contributed by atoms with Gasteiger partial charge in [-0.25, -0.2) is 0 Å². The molecule has 82 valence electrons. The number of aliphatic hydroxyl groups is 1. The molecule has 1 aliphatic rings. The Balaban J connectivity index is 2.40. The van der Waals surface area contributed by atoms with Crippen LogP contribution in [0.15, 0.2) is 0 Å². The molecule has 1 unspecified atom stereocenters. The molecule has 0 bridgehead atoms. The number of aliphatic hydroxyl groups excluding tert-OH is 1. The van der Waals surface area contributed by atoms with Gasteiger partial charge in [0.05, 0.1) is 6.61 Å². The predicted molar refractivity (Wildman–Crippen MR) is 52.9 cm³/mol. The van der Waals surface area contributed by atoms with Gasteiger partial charge in [0.1, 0.15) is 11.6 Å². The third-order valence-electron chi connectivity index (χ3n) is 2.15. The summed E-state index contributed by atoms with van der Waals surface area (Å²) >= 11 is 0. The summed E-state index contributed by atoms with van der Waals surface area (Å²) in [5.74, 6) is -0.214. The lowest BCUT2D eigenvalue weighted by atomic mass is 10.1. The van der Waals surface area contributed by atoms with Gasteiger partial charge in [0.15, 0.2) is 0 Å². The summed E-state index contributed by atoms with van der Waals surface area (Å²) in [6, 6.07) is -0.195. The van der Waals surface area contributed by atoms with Crippen molar-refractivity contribution >= 4 is 5.97 Å². The monoisotopic (exact) mass is 201 g/mol. The fourth-order valence-electron chi connectivity index (χ4n) is 1.52. The lowest BCUT2D eigenvalue weighted by molar-refractivity contribution is -0.157. The molecule has 0 radical (unpaired) electrons. The fourth-order valence-corrected chi connectivity index (χ4v) is 1.52. The number of carbonyl (C=O) groups excluding carboxylic acids is 1. The van der Waals surface area contributed by atoms with Crippen LogP contribution >= 0.6 is 0 Å². The van der Waals surface area contributed by atoms with Gasteiger partial charge in [-0.2, -0.15) is 0 Å². The summed E-state index contributed by atoms with van der Waals surface area (Å²) in [6.45, 7) is 5.63. The normalized spacial score (nSPS) is 27.7. The molecule has 0 amide bonds. The molecule has 0 aliphatic carbocycles. The number of ether oxygens (including phenoxy) is 1. The molecule has 0 aromatic carbocycles. The zero-order chi connectivity index (χ0) is 10.8. The van der Waals surface area contributed by atoms with Crippen LogP contribution in [0.1, 0.15) is 33.6 Å². The Labute approximate surface area is 84.6 Å². The lowest BCUT2D eigenvalue weighted by Gasteiger charge is -2.22. The minimum absolute atomic E-state index is 0.0486. The molecule has 4 nitrogen and oxygen atoms in total. The van der Waals surface area contributed by atoms with Gasteiger partial charge in [0.25, 0.3) is 0 Å². The van der Waals surface area contributed by atoms with E-state index in [1.165, 1.54) is 0 Å². The van der Waals surface area contributed by atoms with Crippen LogP contribution in [0.3, 0.4) is 0 Å². The topological polar surface area (TPSA) is 58.6 Å². The first-order chi connectivity index (χ1) is 6.42. The smallest absolute Gasteiger partial charge is 0.323 e. The Morgan fingerprint density at radius 1 is 1.50 bits per heavy atom. The third kappa shape index (κ3) is 3.27. The van der Waals surface area contributed by atoms with E-state index >= 15 is 0 Å². The van der Waals surface area contributed by atoms with Crippen molar-refractivity contribution in [3.8, 4) is 0 Å². The van der Waals surface area contributed by atoms with Crippen molar-refractivity contribution in [3.63, 3.8) is 0 Å². The van der Waals surface area contributed by atoms with E-state index < -0.39 is 5.60 Å². The Morgan fingerprint density at radius 3 is 2.57 bits per heavy atom. The van der Waals surface area contributed by atoms with Crippen molar-refractivity contribution in [1.29, 1.82) is 0 Å². The first-order valence-electron chi connectivity index (χ1n) is 5.02. The Bertz CT molecular complexity index is 210. The van der Waals surface area contributed by atoms with Crippen molar-refractivity contribution in [2.45, 2.75) is 51.3 Å². The van der Waals surface area contributed by atoms with Crippen molar-refractivity contribution in [1.82, 2.24) is 5.32 Å². The highest BCUT2D eigenvalue weighted by Gasteiger charge is 2.31. The van der Waals surface area contributed by atoms with E-state index in [2.05, 4.69) is 5.32 Å². The number of hydrogen-bond donors (Lipinski definition) is 2. The van der Waals surface area contributed by atoms with Crippen LogP contribution in [-0.4, -0.2) is 35.4 Å². The van der Waals surface area contributed by atoms with Crippen LogP contribution in [0.2, 0.25) is 0 Å². The van der Waals surface area contributed by atoms with E-state index in [0.29, 0.717) is 0 Å². The van der Waals surface area contributed by atoms with Crippen molar-refractivity contribution in [2.24, 2.45) is 0 Å². The maximum absolute atomic E-state index is 11.6. The number of esters is 1. The first-order valence-corrected chi connectivity index (χ1v) is 5.02. The maximum atomic E-state index is 11.6. The minimum Gasteiger partial charge on any atom is -0.459 e. The van der Waals surface area contributed by atoms with Crippen molar-refractivity contribution < 1.29 is 14.6 Å². The van der Waals surface area contributed by atoms with Gasteiger partial charge in [0.2, 0.25) is 0 Å². The van der Waals surface area contributed by atoms with Gasteiger partial charge in [-0.3, -0.25) is 10.1 Å². The van der Waals surface area contributed by atoms with Crippen LogP contribution in [-0.2, 0) is 9.53 Å². The Morgan fingerprint density at radius 2 is 2.14 bits per heavy atom. The summed E-state index contributed by atoms with van der Waals surface area (Å²) in [6.07, 6.45) is 1.58. The van der Waals surface area contributed by atoms with Crippen LogP contribution in [0.5, 0.6) is 0 Å². The van der Waals surface area contributed by atoms with E-state index in [-0.39, 0.29) is 24.7 Å². The SMILES string of the molecule is CC(C)(C)OC(=O)C1CC[C@@H](CO)N1. The molecule has 0 aromatic heterocycles. The average molecular weight is 201 g/mol. The van der Waals surface area contributed by atoms with E-state index in [4.69, 9.17) is 9.84 Å². The van der Waals surface area contributed by atoms with Crippen molar-refractivity contribution in [3.05, 3.63) is 0 Å². The molecule has 1 saturated heterocycles. The molecule has 4 heteroatoms. The van der Waals surface area contributed by atoms with Gasteiger partial charge < -0.3 is 9.84 Å². The molecule has 0 saturated carbocycles. The standard InChI is InChI=1S/C10H19NO3/c1-10(2,3)14-9(13)8-5-4-7(6-12)11-8/h7-8,11-12H,4-6H2,1-3H3/t7-,8?/m0/s1. The van der Waals surface area contributed by atoms with Gasteiger partial charge in [0, 0.05) is 6.04 Å². The molecular formula is C10H19NO3. The van der Waals surface area contributed by atoms with E-state index in [1.807, 2.05) is 20.8 Å². The fraction of sp³-hybridized carbons (Fsp3) is 0.900. The van der Waals surface area contributed by atoms with Gasteiger partial charge in [-0.05, 0) is 33.6 Å². The second kappa shape index (κ2) is 4.28. The number of hydrogen-bond acceptors (Lipinski definition) is 4. The predicted octanol–water partition coefficient (Wildman–Crippen LogP) is 0.441. The molecule has 0 spiro atoms. The number of rotatable bonds is 2. The van der Waals surface area contributed by atoms with E-state index in [1.54, 1.807) is 0 Å². The lowest BCUT2D eigenvalue weighted by Crippen LogP contribution is -2.40. The molecule has 0 aromatic rings. The number of carbonyl (C=O) groups is 1. The van der Waals surface area contributed by atoms with E-state index in [0.717, 1.165) is 12.8 Å². The van der Waals surface area contributed by atoms with Crippen molar-refractivity contribution in [2.75, 3.05) is 6.61 Å². The highest BCUT2D eigenvalue weighted by Crippen LogP contribution is 2.16. The van der Waals surface area contributed by atoms with Crippen LogP contribution < -0.4 is 5.32 Å². The minimum atomic E-state index is -0.434. The average Bonchev–Trinajstić information content (AvgIpc) is 2.48.